The van der Waals surface area contributed by atoms with E-state index in [1.165, 1.54) is 12.8 Å². The minimum Gasteiger partial charge on any atom is -0.311 e. The Balaban J connectivity index is 1.86. The summed E-state index contributed by atoms with van der Waals surface area (Å²) in [6.45, 7) is 0. The van der Waals surface area contributed by atoms with E-state index in [-0.39, 0.29) is 0 Å². The van der Waals surface area contributed by atoms with Crippen molar-refractivity contribution >= 4 is 0 Å². The van der Waals surface area contributed by atoms with Crippen LogP contribution in [0.5, 0.6) is 0 Å². The van der Waals surface area contributed by atoms with Gasteiger partial charge in [0.1, 0.15) is 11.8 Å². The van der Waals surface area contributed by atoms with Crippen LogP contribution in [-0.4, -0.2) is 21.9 Å². The van der Waals surface area contributed by atoms with Gasteiger partial charge in [-0.2, -0.15) is 10.4 Å². The Morgan fingerprint density at radius 1 is 1.40 bits per heavy atom. The predicted octanol–water partition coefficient (Wildman–Crippen LogP) is 1.21. The standard InChI is InChI=1S/C11H14N4/c12-7-10-3-4-13-15(10)11-5-8-1-2-9(6-11)14-8/h3-4,8-9,11,14H,1-2,5-6H2/t8-,9+,11?. The van der Waals surface area contributed by atoms with Gasteiger partial charge in [0, 0.05) is 12.1 Å². The fraction of sp³-hybridized carbons (Fsp3) is 0.636. The molecule has 78 valence electrons. The molecule has 0 amide bonds. The first-order chi connectivity index (χ1) is 7.36. The van der Waals surface area contributed by atoms with Crippen LogP contribution in [0, 0.1) is 11.3 Å². The first kappa shape index (κ1) is 8.93. The molecule has 3 atom stereocenters. The number of hydrogen-bond acceptors (Lipinski definition) is 3. The van der Waals surface area contributed by atoms with Crippen LogP contribution in [0.2, 0.25) is 0 Å². The lowest BCUT2D eigenvalue weighted by atomic mass is 10.00. The number of piperidine rings is 1. The molecular weight excluding hydrogens is 188 g/mol. The number of nitrogens with zero attached hydrogens (tertiary/aromatic N) is 3. The Hall–Kier alpha value is -1.34. The van der Waals surface area contributed by atoms with E-state index in [0.29, 0.717) is 23.8 Å². The summed E-state index contributed by atoms with van der Waals surface area (Å²) in [4.78, 5) is 0. The maximum Gasteiger partial charge on any atom is 0.138 e. The summed E-state index contributed by atoms with van der Waals surface area (Å²) in [5.74, 6) is 0. The third-order valence-corrected chi connectivity index (χ3v) is 3.58. The van der Waals surface area contributed by atoms with Gasteiger partial charge in [-0.3, -0.25) is 4.68 Å². The molecule has 1 N–H and O–H groups in total. The van der Waals surface area contributed by atoms with Gasteiger partial charge in [-0.05, 0) is 31.7 Å². The van der Waals surface area contributed by atoms with Gasteiger partial charge in [-0.1, -0.05) is 0 Å². The van der Waals surface area contributed by atoms with E-state index in [9.17, 15) is 0 Å². The van der Waals surface area contributed by atoms with Gasteiger partial charge in [0.15, 0.2) is 0 Å². The molecule has 2 fully saturated rings. The molecule has 2 saturated heterocycles. The van der Waals surface area contributed by atoms with Crippen molar-refractivity contribution in [3.05, 3.63) is 18.0 Å². The summed E-state index contributed by atoms with van der Waals surface area (Å²) < 4.78 is 1.91. The molecule has 3 heterocycles. The van der Waals surface area contributed by atoms with Crippen molar-refractivity contribution in [1.82, 2.24) is 15.1 Å². The van der Waals surface area contributed by atoms with Crippen molar-refractivity contribution in [2.45, 2.75) is 43.8 Å². The third-order valence-electron chi connectivity index (χ3n) is 3.58. The van der Waals surface area contributed by atoms with Crippen molar-refractivity contribution < 1.29 is 0 Å². The van der Waals surface area contributed by atoms with E-state index in [0.717, 1.165) is 12.8 Å². The van der Waals surface area contributed by atoms with E-state index in [2.05, 4.69) is 16.5 Å². The van der Waals surface area contributed by atoms with Crippen molar-refractivity contribution in [3.63, 3.8) is 0 Å². The van der Waals surface area contributed by atoms with Gasteiger partial charge in [0.25, 0.3) is 0 Å². The number of nitrogens with one attached hydrogen (secondary N) is 1. The Bertz CT molecular complexity index is 391. The van der Waals surface area contributed by atoms with Crippen molar-refractivity contribution in [3.8, 4) is 6.07 Å². The van der Waals surface area contributed by atoms with Crippen LogP contribution in [0.15, 0.2) is 12.3 Å². The highest BCUT2D eigenvalue weighted by Gasteiger charge is 2.35. The normalized spacial score (nSPS) is 33.9. The van der Waals surface area contributed by atoms with Crippen molar-refractivity contribution in [2.24, 2.45) is 0 Å². The topological polar surface area (TPSA) is 53.6 Å². The second-order valence-electron chi connectivity index (χ2n) is 4.54. The van der Waals surface area contributed by atoms with Gasteiger partial charge >= 0.3 is 0 Å². The number of hydrogen-bond donors (Lipinski definition) is 1. The smallest absolute Gasteiger partial charge is 0.138 e. The van der Waals surface area contributed by atoms with E-state index in [4.69, 9.17) is 5.26 Å². The first-order valence-electron chi connectivity index (χ1n) is 5.56. The fourth-order valence-corrected chi connectivity index (χ4v) is 2.92. The second-order valence-corrected chi connectivity index (χ2v) is 4.54. The lowest BCUT2D eigenvalue weighted by Crippen LogP contribution is -2.39. The molecule has 2 aliphatic rings. The highest BCUT2D eigenvalue weighted by molar-refractivity contribution is 5.19. The monoisotopic (exact) mass is 202 g/mol. The van der Waals surface area contributed by atoms with Gasteiger partial charge in [-0.15, -0.1) is 0 Å². The average Bonchev–Trinajstić information content (AvgIpc) is 2.85. The van der Waals surface area contributed by atoms with Crippen LogP contribution in [-0.2, 0) is 0 Å². The molecule has 0 saturated carbocycles. The summed E-state index contributed by atoms with van der Waals surface area (Å²) >= 11 is 0. The lowest BCUT2D eigenvalue weighted by molar-refractivity contribution is 0.280. The number of nitriles is 1. The summed E-state index contributed by atoms with van der Waals surface area (Å²) in [6.07, 6.45) is 6.52. The molecule has 1 aromatic rings. The maximum absolute atomic E-state index is 8.96. The van der Waals surface area contributed by atoms with Crippen molar-refractivity contribution in [2.75, 3.05) is 0 Å². The van der Waals surface area contributed by atoms with Crippen molar-refractivity contribution in [1.29, 1.82) is 5.26 Å². The molecule has 2 bridgehead atoms. The van der Waals surface area contributed by atoms with E-state index in [1.54, 1.807) is 12.3 Å². The Labute approximate surface area is 88.9 Å². The minimum atomic E-state index is 0.424. The molecule has 3 rings (SSSR count). The zero-order valence-corrected chi connectivity index (χ0v) is 8.56. The molecule has 1 aromatic heterocycles. The summed E-state index contributed by atoms with van der Waals surface area (Å²) in [5, 5.41) is 16.8. The lowest BCUT2D eigenvalue weighted by Gasteiger charge is -2.29. The van der Waals surface area contributed by atoms with Crippen LogP contribution >= 0.6 is 0 Å². The van der Waals surface area contributed by atoms with E-state index in [1.807, 2.05) is 4.68 Å². The van der Waals surface area contributed by atoms with Gasteiger partial charge in [0.2, 0.25) is 0 Å². The Morgan fingerprint density at radius 2 is 2.13 bits per heavy atom. The van der Waals surface area contributed by atoms with Crippen LogP contribution in [0.4, 0.5) is 0 Å². The van der Waals surface area contributed by atoms with Gasteiger partial charge in [0.05, 0.1) is 12.2 Å². The molecular formula is C11H14N4. The second kappa shape index (κ2) is 3.35. The number of aromatic nitrogens is 2. The molecule has 0 aliphatic carbocycles. The molecule has 0 spiro atoms. The van der Waals surface area contributed by atoms with Crippen LogP contribution in [0.3, 0.4) is 0 Å². The van der Waals surface area contributed by atoms with Gasteiger partial charge < -0.3 is 5.32 Å². The van der Waals surface area contributed by atoms with E-state index < -0.39 is 0 Å². The molecule has 2 aliphatic heterocycles. The minimum absolute atomic E-state index is 0.424. The van der Waals surface area contributed by atoms with Crippen LogP contribution < -0.4 is 5.32 Å². The molecule has 15 heavy (non-hydrogen) atoms. The van der Waals surface area contributed by atoms with E-state index >= 15 is 0 Å². The highest BCUT2D eigenvalue weighted by Crippen LogP contribution is 2.33. The van der Waals surface area contributed by atoms with Crippen LogP contribution in [0.25, 0.3) is 0 Å². The predicted molar refractivity (Wildman–Crippen MR) is 55.2 cm³/mol. The first-order valence-corrected chi connectivity index (χ1v) is 5.56. The average molecular weight is 202 g/mol. The zero-order chi connectivity index (χ0) is 10.3. The highest BCUT2D eigenvalue weighted by atomic mass is 15.3. The number of rotatable bonds is 1. The fourth-order valence-electron chi connectivity index (χ4n) is 2.92. The molecule has 0 aromatic carbocycles. The summed E-state index contributed by atoms with van der Waals surface area (Å²) in [6, 6.07) is 5.71. The summed E-state index contributed by atoms with van der Waals surface area (Å²) in [7, 11) is 0. The van der Waals surface area contributed by atoms with Crippen LogP contribution in [0.1, 0.15) is 37.4 Å². The number of fused-ring (bicyclic) bond motifs is 2. The molecule has 1 unspecified atom stereocenters. The Kier molecular flexibility index (Phi) is 2.00. The zero-order valence-electron chi connectivity index (χ0n) is 8.56. The molecule has 4 heteroatoms. The SMILES string of the molecule is N#Cc1ccnn1C1C[C@H]2CC[C@@H](C1)N2. The summed E-state index contributed by atoms with van der Waals surface area (Å²) in [5.41, 5.74) is 0.696. The molecule has 0 radical (unpaired) electrons. The molecule has 4 nitrogen and oxygen atoms in total. The van der Waals surface area contributed by atoms with Gasteiger partial charge in [-0.25, -0.2) is 0 Å². The largest absolute Gasteiger partial charge is 0.311 e. The third kappa shape index (κ3) is 1.44. The maximum atomic E-state index is 8.96. The quantitative estimate of drug-likeness (QED) is 0.744. The Morgan fingerprint density at radius 3 is 2.80 bits per heavy atom.